The Balaban J connectivity index is 1.59. The number of allylic oxidation sites excluding steroid dienone is 1. The zero-order valence-electron chi connectivity index (χ0n) is 27.8. The number of likely N-dealkylation sites (N-methyl/N-ethyl adjacent to an activating group) is 1. The van der Waals surface area contributed by atoms with Crippen molar-refractivity contribution < 1.29 is 28.5 Å². The Bertz CT molecular complexity index is 1850. The first kappa shape index (κ1) is 33.8. The summed E-state index contributed by atoms with van der Waals surface area (Å²) in [5, 5.41) is 0. The molecular formula is C35H42N4O7S. The molecule has 1 atom stereocenters. The van der Waals surface area contributed by atoms with Crippen molar-refractivity contribution in [2.45, 2.75) is 46.6 Å². The summed E-state index contributed by atoms with van der Waals surface area (Å²) < 4.78 is 25.0. The van der Waals surface area contributed by atoms with Crippen molar-refractivity contribution in [2.75, 3.05) is 53.6 Å². The van der Waals surface area contributed by atoms with E-state index < -0.39 is 6.04 Å². The first-order valence-corrected chi connectivity index (χ1v) is 16.8. The van der Waals surface area contributed by atoms with E-state index in [1.807, 2.05) is 31.7 Å². The van der Waals surface area contributed by atoms with E-state index in [9.17, 15) is 14.4 Å². The molecule has 0 unspecified atom stereocenters. The molecule has 2 amide bonds. The number of ether oxygens (including phenoxy) is 4. The fourth-order valence-corrected chi connectivity index (χ4v) is 7.02. The topological polar surface area (TPSA) is 112 Å². The fourth-order valence-electron chi connectivity index (χ4n) is 5.97. The van der Waals surface area contributed by atoms with Gasteiger partial charge in [0.05, 0.1) is 36.6 Å². The number of rotatable bonds is 12. The number of hydrogen-bond donors (Lipinski definition) is 0. The zero-order chi connectivity index (χ0) is 33.7. The lowest BCUT2D eigenvalue weighted by molar-refractivity contribution is -0.132. The molecule has 0 bridgehead atoms. The van der Waals surface area contributed by atoms with Crippen LogP contribution in [0.2, 0.25) is 0 Å². The van der Waals surface area contributed by atoms with Crippen LogP contribution >= 0.6 is 11.3 Å². The van der Waals surface area contributed by atoms with Crippen LogP contribution in [0.5, 0.6) is 23.0 Å². The van der Waals surface area contributed by atoms with E-state index >= 15 is 0 Å². The van der Waals surface area contributed by atoms with Gasteiger partial charge in [-0.3, -0.25) is 19.0 Å². The quantitative estimate of drug-likeness (QED) is 0.292. The summed E-state index contributed by atoms with van der Waals surface area (Å²) in [5.74, 6) is 1.78. The van der Waals surface area contributed by atoms with E-state index in [2.05, 4.69) is 0 Å². The van der Waals surface area contributed by atoms with Crippen molar-refractivity contribution in [1.29, 1.82) is 0 Å². The zero-order valence-corrected chi connectivity index (χ0v) is 28.6. The third-order valence-corrected chi connectivity index (χ3v) is 9.39. The minimum atomic E-state index is -0.797. The van der Waals surface area contributed by atoms with E-state index in [1.54, 1.807) is 67.0 Å². The van der Waals surface area contributed by atoms with Crippen LogP contribution in [-0.2, 0) is 9.59 Å². The molecule has 0 spiro atoms. The van der Waals surface area contributed by atoms with Crippen molar-refractivity contribution >= 4 is 29.2 Å². The summed E-state index contributed by atoms with van der Waals surface area (Å²) in [6, 6.07) is 9.92. The van der Waals surface area contributed by atoms with Gasteiger partial charge in [-0.2, -0.15) is 0 Å². The highest BCUT2D eigenvalue weighted by molar-refractivity contribution is 7.07. The maximum atomic E-state index is 14.3. The molecule has 2 aliphatic heterocycles. The maximum Gasteiger partial charge on any atom is 0.271 e. The molecule has 250 valence electrons. The number of amides is 2. The SMILES string of the molecule is CCOc1cc(/C=c2\sc3n(c2=O)[C@H](c2cc(OC)ccc2OC)C(C(=O)N(CC)CC)=C(C)N=3)ccc1OCC(=O)N1CCCC1. The molecule has 47 heavy (non-hydrogen) atoms. The predicted molar refractivity (Wildman–Crippen MR) is 180 cm³/mol. The van der Waals surface area contributed by atoms with Gasteiger partial charge >= 0.3 is 0 Å². The number of carbonyl (C=O) groups is 2. The molecule has 1 saturated heterocycles. The molecule has 1 fully saturated rings. The van der Waals surface area contributed by atoms with E-state index in [0.29, 0.717) is 74.4 Å². The van der Waals surface area contributed by atoms with Crippen LogP contribution in [0.3, 0.4) is 0 Å². The van der Waals surface area contributed by atoms with Crippen LogP contribution in [0.25, 0.3) is 6.08 Å². The van der Waals surface area contributed by atoms with E-state index in [4.69, 9.17) is 23.9 Å². The Morgan fingerprint density at radius 3 is 2.36 bits per heavy atom. The van der Waals surface area contributed by atoms with Crippen LogP contribution in [0.4, 0.5) is 0 Å². The Morgan fingerprint density at radius 1 is 0.979 bits per heavy atom. The van der Waals surface area contributed by atoms with Crippen LogP contribution in [0, 0.1) is 0 Å². The molecule has 5 rings (SSSR count). The number of methoxy groups -OCH3 is 2. The van der Waals surface area contributed by atoms with Crippen LogP contribution < -0.4 is 33.8 Å². The van der Waals surface area contributed by atoms with Crippen LogP contribution in [0.1, 0.15) is 57.7 Å². The maximum absolute atomic E-state index is 14.3. The summed E-state index contributed by atoms with van der Waals surface area (Å²) in [6.45, 7) is 10.4. The van der Waals surface area contributed by atoms with Gasteiger partial charge < -0.3 is 28.7 Å². The van der Waals surface area contributed by atoms with Gasteiger partial charge in [-0.05, 0) is 82.5 Å². The van der Waals surface area contributed by atoms with Crippen molar-refractivity contribution in [3.63, 3.8) is 0 Å². The highest BCUT2D eigenvalue weighted by Crippen LogP contribution is 2.38. The monoisotopic (exact) mass is 662 g/mol. The average Bonchev–Trinajstić information content (AvgIpc) is 3.72. The molecule has 12 heteroatoms. The number of aromatic nitrogens is 1. The Hall–Kier alpha value is -4.58. The first-order chi connectivity index (χ1) is 22.7. The van der Waals surface area contributed by atoms with E-state index in [1.165, 1.54) is 11.3 Å². The second-order valence-corrected chi connectivity index (χ2v) is 12.2. The molecule has 3 aromatic rings. The number of fused-ring (bicyclic) bond motifs is 1. The number of likely N-dealkylation sites (tertiary alicyclic amines) is 1. The molecule has 0 N–H and O–H groups in total. The normalized spacial score (nSPS) is 16.1. The minimum Gasteiger partial charge on any atom is -0.497 e. The van der Waals surface area contributed by atoms with Crippen molar-refractivity contribution in [3.8, 4) is 23.0 Å². The summed E-state index contributed by atoms with van der Waals surface area (Å²) in [4.78, 5) is 49.6. The van der Waals surface area contributed by atoms with Crippen LogP contribution in [-0.4, -0.2) is 79.8 Å². The second-order valence-electron chi connectivity index (χ2n) is 11.2. The summed E-state index contributed by atoms with van der Waals surface area (Å²) in [7, 11) is 3.13. The number of benzene rings is 2. The molecule has 1 aromatic heterocycles. The molecule has 3 heterocycles. The molecule has 2 aliphatic rings. The summed E-state index contributed by atoms with van der Waals surface area (Å²) >= 11 is 1.24. The number of nitrogens with zero attached hydrogens (tertiary/aromatic N) is 4. The highest BCUT2D eigenvalue weighted by Gasteiger charge is 2.36. The van der Waals surface area contributed by atoms with Gasteiger partial charge in [-0.15, -0.1) is 0 Å². The van der Waals surface area contributed by atoms with Gasteiger partial charge in [0.1, 0.15) is 17.5 Å². The Morgan fingerprint density at radius 2 is 1.70 bits per heavy atom. The van der Waals surface area contributed by atoms with Crippen molar-refractivity contribution in [3.05, 3.63) is 78.5 Å². The van der Waals surface area contributed by atoms with Gasteiger partial charge in [0, 0.05) is 31.7 Å². The van der Waals surface area contributed by atoms with E-state index in [-0.39, 0.29) is 24.0 Å². The Kier molecular flexibility index (Phi) is 10.7. The molecule has 2 aromatic carbocycles. The number of carbonyl (C=O) groups excluding carboxylic acids is 2. The number of thiazole rings is 1. The number of hydrogen-bond acceptors (Lipinski definition) is 9. The third-order valence-electron chi connectivity index (χ3n) is 8.41. The van der Waals surface area contributed by atoms with Gasteiger partial charge in [-0.25, -0.2) is 4.99 Å². The van der Waals surface area contributed by atoms with Crippen molar-refractivity contribution in [1.82, 2.24) is 14.4 Å². The molecular weight excluding hydrogens is 620 g/mol. The van der Waals surface area contributed by atoms with Crippen LogP contribution in [0.15, 0.2) is 57.5 Å². The van der Waals surface area contributed by atoms with Gasteiger partial charge in [-0.1, -0.05) is 17.4 Å². The standard InChI is InChI=1S/C35H42N4O7S/c1-7-37(8-2)34(42)31-22(4)36-35-39(32(31)25-20-24(43-5)13-15-26(25)44-6)33(41)29(47-35)19-23-12-14-27(28(18-23)45-9-3)46-21-30(40)38-16-10-11-17-38/h12-15,18-20,32H,7-11,16-17,21H2,1-6H3/b29-19-/t32-/m1/s1. The second kappa shape index (κ2) is 14.9. The molecule has 0 radical (unpaired) electrons. The highest BCUT2D eigenvalue weighted by atomic mass is 32.1. The lowest BCUT2D eigenvalue weighted by atomic mass is 9.93. The van der Waals surface area contributed by atoms with Gasteiger partial charge in [0.25, 0.3) is 17.4 Å². The fraction of sp³-hybridized carbons (Fsp3) is 0.429. The average molecular weight is 663 g/mol. The summed E-state index contributed by atoms with van der Waals surface area (Å²) in [5.41, 5.74) is 1.97. The minimum absolute atomic E-state index is 0.0495. The summed E-state index contributed by atoms with van der Waals surface area (Å²) in [6.07, 6.45) is 3.80. The molecule has 11 nitrogen and oxygen atoms in total. The van der Waals surface area contributed by atoms with E-state index in [0.717, 1.165) is 25.9 Å². The van der Waals surface area contributed by atoms with Gasteiger partial charge in [0.15, 0.2) is 22.9 Å². The third kappa shape index (κ3) is 6.92. The molecule has 0 saturated carbocycles. The Labute approximate surface area is 278 Å². The lowest BCUT2D eigenvalue weighted by Gasteiger charge is -2.30. The first-order valence-electron chi connectivity index (χ1n) is 16.0. The lowest BCUT2D eigenvalue weighted by Crippen LogP contribution is -2.43. The predicted octanol–water partition coefficient (Wildman–Crippen LogP) is 3.52. The van der Waals surface area contributed by atoms with Crippen molar-refractivity contribution in [2.24, 2.45) is 4.99 Å². The smallest absolute Gasteiger partial charge is 0.271 e. The van der Waals surface area contributed by atoms with Gasteiger partial charge in [0.2, 0.25) is 0 Å². The largest absolute Gasteiger partial charge is 0.497 e. The molecule has 0 aliphatic carbocycles.